The van der Waals surface area contributed by atoms with Crippen LogP contribution < -0.4 is 31.4 Å². The van der Waals surface area contributed by atoms with Crippen LogP contribution in [0, 0.1) is 0 Å². The number of nitrogens with zero attached hydrogens (tertiary/aromatic N) is 1. The summed E-state index contributed by atoms with van der Waals surface area (Å²) in [5, 5.41) is 5.20. The molecule has 0 radical (unpaired) electrons. The van der Waals surface area contributed by atoms with Crippen molar-refractivity contribution in [3.63, 3.8) is 0 Å². The average Bonchev–Trinajstić information content (AvgIpc) is 2.99. The average molecular weight is 570 g/mol. The summed E-state index contributed by atoms with van der Waals surface area (Å²) < 4.78 is 11.9. The minimum atomic E-state index is -4.32. The van der Waals surface area contributed by atoms with Crippen molar-refractivity contribution >= 4 is 55.6 Å². The maximum absolute atomic E-state index is 11.9. The van der Waals surface area contributed by atoms with Crippen LogP contribution in [0.25, 0.3) is 0 Å². The van der Waals surface area contributed by atoms with Gasteiger partial charge in [0.15, 0.2) is 0 Å². The van der Waals surface area contributed by atoms with Gasteiger partial charge in [-0.15, -0.1) is 0 Å². The Labute approximate surface area is 232 Å². The molecule has 0 fully saturated rings. The van der Waals surface area contributed by atoms with Crippen molar-refractivity contribution in [1.82, 2.24) is 0 Å². The predicted octanol–water partition coefficient (Wildman–Crippen LogP) is 5.48. The van der Waals surface area contributed by atoms with E-state index in [2.05, 4.69) is 102 Å². The van der Waals surface area contributed by atoms with Gasteiger partial charge in [-0.25, -0.2) is 0 Å². The minimum Gasteiger partial charge on any atom is -0.362 e. The van der Waals surface area contributed by atoms with Gasteiger partial charge in [0.25, 0.3) is 0 Å². The summed E-state index contributed by atoms with van der Waals surface area (Å²) >= 11 is 0. The van der Waals surface area contributed by atoms with Gasteiger partial charge >= 0.3 is 7.60 Å². The van der Waals surface area contributed by atoms with Gasteiger partial charge in [0.2, 0.25) is 0 Å². The van der Waals surface area contributed by atoms with Crippen LogP contribution in [0.2, 0.25) is 0 Å². The molecule has 5 rings (SSSR count). The second-order valence-corrected chi connectivity index (χ2v) is 15.0. The molecular weight excluding hydrogens is 539 g/mol. The fourth-order valence-corrected chi connectivity index (χ4v) is 9.75. The molecule has 2 N–H and O–H groups in total. The van der Waals surface area contributed by atoms with Crippen LogP contribution in [0.3, 0.4) is 0 Å². The van der Waals surface area contributed by atoms with E-state index in [0.717, 1.165) is 18.3 Å². The minimum absolute atomic E-state index is 0.0352. The lowest BCUT2D eigenvalue weighted by Crippen LogP contribution is -2.32. The van der Waals surface area contributed by atoms with Gasteiger partial charge in [0.05, 0.1) is 5.30 Å². The Morgan fingerprint density at radius 1 is 0.487 bits per heavy atom. The fraction of sp³-hybridized carbons (Fsp3) is 0.0625. The highest BCUT2D eigenvalue weighted by atomic mass is 31.2. The molecular formula is C32H30NO3P3. The van der Waals surface area contributed by atoms with Crippen molar-refractivity contribution in [3.05, 3.63) is 146 Å². The number of anilines is 1. The SMILES string of the molecule is O=P(O)(O)c1ccc(N(CP(c2ccccc2)c2ccccc2)CP(c2ccccc2)c2ccccc2)cc1. The second kappa shape index (κ2) is 12.8. The van der Waals surface area contributed by atoms with E-state index in [1.807, 2.05) is 36.4 Å². The molecule has 0 aromatic heterocycles. The van der Waals surface area contributed by atoms with Crippen molar-refractivity contribution in [2.75, 3.05) is 17.5 Å². The number of hydrogen-bond donors (Lipinski definition) is 2. The van der Waals surface area contributed by atoms with Crippen LogP contribution in [0.4, 0.5) is 5.69 Å². The molecule has 39 heavy (non-hydrogen) atoms. The van der Waals surface area contributed by atoms with Crippen LogP contribution in [0.1, 0.15) is 0 Å². The van der Waals surface area contributed by atoms with E-state index in [0.29, 0.717) is 0 Å². The molecule has 0 unspecified atom stereocenters. The van der Waals surface area contributed by atoms with Crippen molar-refractivity contribution in [2.24, 2.45) is 0 Å². The lowest BCUT2D eigenvalue weighted by Gasteiger charge is -2.34. The van der Waals surface area contributed by atoms with Crippen LogP contribution in [-0.4, -0.2) is 22.4 Å². The monoisotopic (exact) mass is 569 g/mol. The lowest BCUT2D eigenvalue weighted by atomic mass is 10.3. The normalized spacial score (nSPS) is 11.6. The molecule has 0 amide bonds. The van der Waals surface area contributed by atoms with Gasteiger partial charge in [-0.1, -0.05) is 121 Å². The predicted molar refractivity (Wildman–Crippen MR) is 168 cm³/mol. The van der Waals surface area contributed by atoms with Crippen molar-refractivity contribution in [2.45, 2.75) is 0 Å². The first-order valence-corrected chi connectivity index (χ1v) is 17.3. The molecule has 0 bridgehead atoms. The highest BCUT2D eigenvalue weighted by molar-refractivity contribution is 7.74. The van der Waals surface area contributed by atoms with Gasteiger partial charge in [-0.2, -0.15) is 0 Å². The number of benzene rings is 5. The zero-order valence-corrected chi connectivity index (χ0v) is 24.0. The molecule has 0 aliphatic rings. The zero-order valence-electron chi connectivity index (χ0n) is 21.4. The molecule has 0 aliphatic carbocycles. The number of hydrogen-bond acceptors (Lipinski definition) is 2. The van der Waals surface area contributed by atoms with Crippen molar-refractivity contribution < 1.29 is 14.4 Å². The third-order valence-corrected chi connectivity index (χ3v) is 12.4. The topological polar surface area (TPSA) is 60.8 Å². The van der Waals surface area contributed by atoms with E-state index in [-0.39, 0.29) is 5.30 Å². The number of rotatable bonds is 10. The van der Waals surface area contributed by atoms with Gasteiger partial charge in [0, 0.05) is 18.3 Å². The molecule has 4 nitrogen and oxygen atoms in total. The molecule has 196 valence electrons. The van der Waals surface area contributed by atoms with Crippen LogP contribution >= 0.6 is 23.4 Å². The van der Waals surface area contributed by atoms with E-state index >= 15 is 0 Å². The van der Waals surface area contributed by atoms with Crippen LogP contribution in [-0.2, 0) is 4.57 Å². The third-order valence-electron chi connectivity index (χ3n) is 6.45. The summed E-state index contributed by atoms with van der Waals surface area (Å²) in [6.07, 6.45) is 1.55. The second-order valence-electron chi connectivity index (χ2n) is 9.08. The van der Waals surface area contributed by atoms with E-state index < -0.39 is 23.4 Å². The summed E-state index contributed by atoms with van der Waals surface area (Å²) in [7, 11) is -5.78. The Morgan fingerprint density at radius 2 is 0.795 bits per heavy atom. The van der Waals surface area contributed by atoms with Crippen molar-refractivity contribution in [1.29, 1.82) is 0 Å². The molecule has 0 aliphatic heterocycles. The van der Waals surface area contributed by atoms with Gasteiger partial charge in [0.1, 0.15) is 0 Å². The van der Waals surface area contributed by atoms with Gasteiger partial charge in [-0.05, 0) is 61.3 Å². The zero-order chi connectivity index (χ0) is 27.1. The summed E-state index contributed by atoms with van der Waals surface area (Å²) in [5.41, 5.74) is 0.950. The Kier molecular flexibility index (Phi) is 9.05. The highest BCUT2D eigenvalue weighted by Gasteiger charge is 2.24. The smallest absolute Gasteiger partial charge is 0.356 e. The summed E-state index contributed by atoms with van der Waals surface area (Å²) in [4.78, 5) is 21.8. The largest absolute Gasteiger partial charge is 0.362 e. The molecule has 0 heterocycles. The molecule has 0 saturated heterocycles. The van der Waals surface area contributed by atoms with Gasteiger partial charge < -0.3 is 14.7 Å². The molecule has 0 saturated carbocycles. The Morgan fingerprint density at radius 3 is 1.08 bits per heavy atom. The lowest BCUT2D eigenvalue weighted by molar-refractivity contribution is 0.387. The van der Waals surface area contributed by atoms with Gasteiger partial charge in [-0.3, -0.25) is 4.57 Å². The molecule has 0 spiro atoms. The first-order chi connectivity index (χ1) is 19.0. The highest BCUT2D eigenvalue weighted by Crippen LogP contribution is 2.42. The fourth-order valence-electron chi connectivity index (χ4n) is 4.46. The van der Waals surface area contributed by atoms with E-state index in [9.17, 15) is 14.4 Å². The van der Waals surface area contributed by atoms with E-state index in [1.54, 1.807) is 12.1 Å². The maximum atomic E-state index is 11.9. The first-order valence-electron chi connectivity index (χ1n) is 12.7. The van der Waals surface area contributed by atoms with E-state index in [4.69, 9.17) is 0 Å². The molecule has 7 heteroatoms. The van der Waals surface area contributed by atoms with Crippen molar-refractivity contribution in [3.8, 4) is 0 Å². The summed E-state index contributed by atoms with van der Waals surface area (Å²) in [5.74, 6) is 0. The molecule has 0 atom stereocenters. The van der Waals surface area contributed by atoms with Crippen LogP contribution in [0.5, 0.6) is 0 Å². The summed E-state index contributed by atoms with van der Waals surface area (Å²) in [6, 6.07) is 49.3. The summed E-state index contributed by atoms with van der Waals surface area (Å²) in [6.45, 7) is 0. The third kappa shape index (κ3) is 7.11. The first kappa shape index (κ1) is 27.5. The maximum Gasteiger partial charge on any atom is 0.356 e. The Hall–Kier alpha value is -3.09. The standard InChI is InChI=1S/C32H30NO3P3/c34-39(35,36)32-23-21-27(22-24-32)33(25-37(28-13-5-1-6-14-28)29-15-7-2-8-16-29)26-38(30-17-9-3-10-18-30)31-19-11-4-12-20-31/h1-24H,25-26H2,(H2,34,35,36). The Bertz CT molecular complexity index is 1330. The quantitative estimate of drug-likeness (QED) is 0.219. The molecule has 5 aromatic rings. The van der Waals surface area contributed by atoms with Crippen LogP contribution in [0.15, 0.2) is 146 Å². The van der Waals surface area contributed by atoms with E-state index in [1.165, 1.54) is 21.2 Å². The Balaban J connectivity index is 1.59. The molecule has 5 aromatic carbocycles.